The largest absolute Gasteiger partial charge is 0.468 e. The molecular formula is C13H20Cl2F3N3O2. The summed E-state index contributed by atoms with van der Waals surface area (Å²) in [5.41, 5.74) is 0.618. The van der Waals surface area contributed by atoms with Gasteiger partial charge in [0.15, 0.2) is 6.61 Å². The summed E-state index contributed by atoms with van der Waals surface area (Å²) in [6.45, 7) is 1.13. The van der Waals surface area contributed by atoms with E-state index in [4.69, 9.17) is 0 Å². The first-order valence-electron chi connectivity index (χ1n) is 6.38. The third-order valence-corrected chi connectivity index (χ3v) is 2.61. The van der Waals surface area contributed by atoms with Crippen LogP contribution in [0.1, 0.15) is 12.5 Å². The van der Waals surface area contributed by atoms with Gasteiger partial charge in [-0.15, -0.1) is 24.8 Å². The zero-order valence-electron chi connectivity index (χ0n) is 12.6. The Balaban J connectivity index is 0. The normalized spacial score (nSPS) is 11.7. The first kappa shape index (κ1) is 24.0. The molecule has 0 saturated carbocycles. The summed E-state index contributed by atoms with van der Waals surface area (Å²) in [4.78, 5) is 15.4. The summed E-state index contributed by atoms with van der Waals surface area (Å²) in [7, 11) is 1.75. The molecule has 1 atom stereocenters. The average molecular weight is 378 g/mol. The maximum atomic E-state index is 12.0. The van der Waals surface area contributed by atoms with Crippen molar-refractivity contribution < 1.29 is 22.7 Å². The van der Waals surface area contributed by atoms with Crippen molar-refractivity contribution in [3.63, 3.8) is 0 Å². The quantitative estimate of drug-likeness (QED) is 0.765. The number of halogens is 5. The zero-order valence-corrected chi connectivity index (χ0v) is 14.3. The van der Waals surface area contributed by atoms with E-state index >= 15 is 0 Å². The van der Waals surface area contributed by atoms with Crippen LogP contribution in [0.5, 0.6) is 5.88 Å². The van der Waals surface area contributed by atoms with Gasteiger partial charge < -0.3 is 15.4 Å². The molecule has 1 rings (SSSR count). The number of carbonyl (C=O) groups excluding carboxylic acids is 1. The van der Waals surface area contributed by atoms with Crippen LogP contribution in [0.3, 0.4) is 0 Å². The first-order valence-corrected chi connectivity index (χ1v) is 6.38. The molecule has 0 aromatic carbocycles. The predicted octanol–water partition coefficient (Wildman–Crippen LogP) is 2.34. The van der Waals surface area contributed by atoms with Crippen LogP contribution in [-0.4, -0.2) is 37.3 Å². The van der Waals surface area contributed by atoms with E-state index in [9.17, 15) is 18.0 Å². The molecule has 134 valence electrons. The SMILES string of the molecule is CNCC(C)C(=O)NCc1ccnc(OCC(F)(F)F)c1.Cl.Cl. The number of pyridine rings is 1. The average Bonchev–Trinajstić information content (AvgIpc) is 2.42. The Morgan fingerprint density at radius 2 is 2.04 bits per heavy atom. The van der Waals surface area contributed by atoms with Crippen molar-refractivity contribution in [1.29, 1.82) is 0 Å². The summed E-state index contributed by atoms with van der Waals surface area (Å²) in [5.74, 6) is -0.459. The van der Waals surface area contributed by atoms with Gasteiger partial charge in [-0.3, -0.25) is 4.79 Å². The highest BCUT2D eigenvalue weighted by Crippen LogP contribution is 2.17. The second kappa shape index (κ2) is 11.3. The van der Waals surface area contributed by atoms with Crippen LogP contribution in [-0.2, 0) is 11.3 Å². The van der Waals surface area contributed by atoms with Crippen LogP contribution in [0.2, 0.25) is 0 Å². The van der Waals surface area contributed by atoms with Crippen LogP contribution in [0, 0.1) is 5.92 Å². The van der Waals surface area contributed by atoms with E-state index in [1.807, 2.05) is 0 Å². The summed E-state index contributed by atoms with van der Waals surface area (Å²) < 4.78 is 40.7. The molecule has 0 fully saturated rings. The Bertz CT molecular complexity index is 476. The van der Waals surface area contributed by atoms with E-state index in [1.54, 1.807) is 20.0 Å². The molecule has 10 heteroatoms. The number of rotatable bonds is 7. The van der Waals surface area contributed by atoms with Gasteiger partial charge in [0, 0.05) is 31.3 Å². The predicted molar refractivity (Wildman–Crippen MR) is 85.2 cm³/mol. The Hall–Kier alpha value is -1.25. The van der Waals surface area contributed by atoms with Crippen molar-refractivity contribution in [2.45, 2.75) is 19.6 Å². The van der Waals surface area contributed by atoms with Gasteiger partial charge in [-0.1, -0.05) is 6.92 Å². The van der Waals surface area contributed by atoms with Crippen molar-refractivity contribution >= 4 is 30.7 Å². The molecule has 2 N–H and O–H groups in total. The van der Waals surface area contributed by atoms with Gasteiger partial charge in [0.25, 0.3) is 0 Å². The molecular weight excluding hydrogens is 358 g/mol. The van der Waals surface area contributed by atoms with E-state index < -0.39 is 12.8 Å². The lowest BCUT2D eigenvalue weighted by molar-refractivity contribution is -0.154. The number of hydrogen-bond donors (Lipinski definition) is 2. The van der Waals surface area contributed by atoms with Gasteiger partial charge in [-0.2, -0.15) is 13.2 Å². The third-order valence-electron chi connectivity index (χ3n) is 2.61. The minimum Gasteiger partial charge on any atom is -0.468 e. The minimum absolute atomic E-state index is 0. The topological polar surface area (TPSA) is 63.2 Å². The molecule has 1 unspecified atom stereocenters. The Morgan fingerprint density at radius 3 is 2.61 bits per heavy atom. The fraction of sp³-hybridized carbons (Fsp3) is 0.538. The van der Waals surface area contributed by atoms with Gasteiger partial charge in [0.2, 0.25) is 11.8 Å². The number of hydrogen-bond acceptors (Lipinski definition) is 4. The van der Waals surface area contributed by atoms with Crippen LogP contribution in [0.25, 0.3) is 0 Å². The number of amides is 1. The van der Waals surface area contributed by atoms with Gasteiger partial charge in [0.05, 0.1) is 0 Å². The molecule has 0 radical (unpaired) electrons. The highest BCUT2D eigenvalue weighted by molar-refractivity contribution is 5.85. The van der Waals surface area contributed by atoms with Crippen LogP contribution >= 0.6 is 24.8 Å². The molecule has 0 aliphatic heterocycles. The molecule has 0 aliphatic rings. The molecule has 1 aromatic rings. The van der Waals surface area contributed by atoms with Crippen LogP contribution in [0.15, 0.2) is 18.3 Å². The fourth-order valence-electron chi connectivity index (χ4n) is 1.56. The van der Waals surface area contributed by atoms with Crippen molar-refractivity contribution in [2.24, 2.45) is 5.92 Å². The number of nitrogens with one attached hydrogen (secondary N) is 2. The first-order chi connectivity index (χ1) is 9.81. The van der Waals surface area contributed by atoms with Gasteiger partial charge >= 0.3 is 6.18 Å². The van der Waals surface area contributed by atoms with E-state index in [2.05, 4.69) is 20.4 Å². The number of aromatic nitrogens is 1. The summed E-state index contributed by atoms with van der Waals surface area (Å²) in [5, 5.41) is 5.59. The highest BCUT2D eigenvalue weighted by atomic mass is 35.5. The second-order valence-corrected chi connectivity index (χ2v) is 4.58. The highest BCUT2D eigenvalue weighted by Gasteiger charge is 2.28. The number of alkyl halides is 3. The molecule has 0 spiro atoms. The Morgan fingerprint density at radius 1 is 1.39 bits per heavy atom. The number of carbonyl (C=O) groups is 1. The molecule has 1 amide bonds. The summed E-state index contributed by atoms with van der Waals surface area (Å²) in [6.07, 6.45) is -3.07. The van der Waals surface area contributed by atoms with Crippen molar-refractivity contribution in [1.82, 2.24) is 15.6 Å². The zero-order chi connectivity index (χ0) is 15.9. The molecule has 0 bridgehead atoms. The lowest BCUT2D eigenvalue weighted by Crippen LogP contribution is -2.33. The number of nitrogens with zero attached hydrogens (tertiary/aromatic N) is 1. The number of ether oxygens (including phenoxy) is 1. The molecule has 23 heavy (non-hydrogen) atoms. The van der Waals surface area contributed by atoms with Crippen molar-refractivity contribution in [2.75, 3.05) is 20.2 Å². The molecule has 0 saturated heterocycles. The van der Waals surface area contributed by atoms with E-state index in [0.29, 0.717) is 12.1 Å². The fourth-order valence-corrected chi connectivity index (χ4v) is 1.56. The third kappa shape index (κ3) is 10.2. The second-order valence-electron chi connectivity index (χ2n) is 4.58. The van der Waals surface area contributed by atoms with E-state index in [-0.39, 0.29) is 49.1 Å². The summed E-state index contributed by atoms with van der Waals surface area (Å²) >= 11 is 0. The maximum absolute atomic E-state index is 12.0. The standard InChI is InChI=1S/C13H18F3N3O2.2ClH/c1-9(6-17-2)12(20)19-7-10-3-4-18-11(5-10)21-8-13(14,15)16;;/h3-5,9,17H,6-8H2,1-2H3,(H,19,20);2*1H. The molecule has 1 heterocycles. The molecule has 0 aliphatic carbocycles. The van der Waals surface area contributed by atoms with Crippen molar-refractivity contribution in [3.8, 4) is 5.88 Å². The lowest BCUT2D eigenvalue weighted by atomic mass is 10.1. The maximum Gasteiger partial charge on any atom is 0.422 e. The van der Waals surface area contributed by atoms with E-state index in [0.717, 1.165) is 0 Å². The monoisotopic (exact) mass is 377 g/mol. The van der Waals surface area contributed by atoms with Crippen molar-refractivity contribution in [3.05, 3.63) is 23.9 Å². The van der Waals surface area contributed by atoms with Crippen LogP contribution in [0.4, 0.5) is 13.2 Å². The van der Waals surface area contributed by atoms with E-state index in [1.165, 1.54) is 12.3 Å². The van der Waals surface area contributed by atoms with Gasteiger partial charge in [-0.05, 0) is 18.7 Å². The summed E-state index contributed by atoms with van der Waals surface area (Å²) in [6, 6.07) is 2.97. The van der Waals surface area contributed by atoms with Gasteiger partial charge in [0.1, 0.15) is 0 Å². The Labute approximate surface area is 145 Å². The molecule has 1 aromatic heterocycles. The molecule has 5 nitrogen and oxygen atoms in total. The minimum atomic E-state index is -4.41. The van der Waals surface area contributed by atoms with Gasteiger partial charge in [-0.25, -0.2) is 4.98 Å². The smallest absolute Gasteiger partial charge is 0.422 e. The van der Waals surface area contributed by atoms with Crippen LogP contribution < -0.4 is 15.4 Å². The lowest BCUT2D eigenvalue weighted by Gasteiger charge is -2.12. The Kier molecular flexibility index (Phi) is 11.8.